The molecule has 102 valence electrons. The Morgan fingerprint density at radius 1 is 0.842 bits per heavy atom. The molecule has 0 spiro atoms. The third-order valence-electron chi connectivity index (χ3n) is 3.95. The third-order valence-corrected chi connectivity index (χ3v) is 6.47. The largest absolute Gasteiger partial charge is 0.349 e. The Morgan fingerprint density at radius 3 is 1.53 bits per heavy atom. The average Bonchev–Trinajstić information content (AvgIpc) is 2.69. The lowest BCUT2D eigenvalue weighted by Crippen LogP contribution is -2.53. The molecule has 1 aromatic rings. The van der Waals surface area contributed by atoms with E-state index >= 15 is 0 Å². The second-order valence-electron chi connectivity index (χ2n) is 4.52. The lowest BCUT2D eigenvalue weighted by atomic mass is 9.96. The normalized spacial score (nSPS) is 34.8. The minimum absolute atomic E-state index is 0.244. The van der Waals surface area contributed by atoms with Gasteiger partial charge in [0.05, 0.1) is 10.1 Å². The van der Waals surface area contributed by atoms with E-state index in [1.807, 2.05) is 24.3 Å². The summed E-state index contributed by atoms with van der Waals surface area (Å²) in [5, 5.41) is 0.487. The zero-order chi connectivity index (χ0) is 14.1. The fraction of sp³-hybridized carbons (Fsp3) is 0.385. The number of ether oxygens (including phenoxy) is 2. The van der Waals surface area contributed by atoms with E-state index in [9.17, 15) is 0 Å². The molecule has 2 aliphatic carbocycles. The van der Waals surface area contributed by atoms with Gasteiger partial charge in [0.25, 0.3) is 0 Å². The summed E-state index contributed by atoms with van der Waals surface area (Å²) in [6.45, 7) is 0. The van der Waals surface area contributed by atoms with Crippen LogP contribution in [0.1, 0.15) is 11.1 Å². The van der Waals surface area contributed by atoms with Gasteiger partial charge in [0.2, 0.25) is 5.79 Å². The zero-order valence-corrected chi connectivity index (χ0v) is 13.2. The van der Waals surface area contributed by atoms with Crippen molar-refractivity contribution in [1.82, 2.24) is 0 Å². The monoisotopic (exact) mass is 338 g/mol. The van der Waals surface area contributed by atoms with Gasteiger partial charge >= 0.3 is 0 Å². The molecule has 1 aromatic carbocycles. The molecule has 3 rings (SSSR count). The molecule has 6 heteroatoms. The van der Waals surface area contributed by atoms with Gasteiger partial charge in [-0.3, -0.25) is 0 Å². The van der Waals surface area contributed by atoms with Gasteiger partial charge < -0.3 is 9.47 Å². The van der Waals surface area contributed by atoms with E-state index in [2.05, 4.69) is 0 Å². The maximum Gasteiger partial charge on any atom is 0.225 e. The van der Waals surface area contributed by atoms with Gasteiger partial charge in [0.15, 0.2) is 9.75 Å². The summed E-state index contributed by atoms with van der Waals surface area (Å²) < 4.78 is 11.1. The molecule has 0 amide bonds. The molecule has 0 aliphatic heterocycles. The predicted octanol–water partition coefficient (Wildman–Crippen LogP) is 4.26. The second-order valence-corrected chi connectivity index (χ2v) is 6.41. The van der Waals surface area contributed by atoms with Crippen molar-refractivity contribution < 1.29 is 9.47 Å². The molecule has 0 unspecified atom stereocenters. The van der Waals surface area contributed by atoms with Gasteiger partial charge in [-0.15, -0.1) is 23.2 Å². The maximum atomic E-state index is 6.78. The topological polar surface area (TPSA) is 18.5 Å². The Morgan fingerprint density at radius 2 is 1.21 bits per heavy atom. The van der Waals surface area contributed by atoms with Crippen LogP contribution in [0.4, 0.5) is 0 Å². The lowest BCUT2D eigenvalue weighted by molar-refractivity contribution is -0.228. The number of rotatable bonds is 2. The van der Waals surface area contributed by atoms with E-state index in [0.717, 1.165) is 11.1 Å². The Kier molecular flexibility index (Phi) is 2.97. The van der Waals surface area contributed by atoms with Crippen LogP contribution in [0.15, 0.2) is 34.3 Å². The molecule has 0 fully saturated rings. The molecular weight excluding hydrogens is 330 g/mol. The predicted molar refractivity (Wildman–Crippen MR) is 77.0 cm³/mol. The Hall–Kier alpha value is 0.0400. The summed E-state index contributed by atoms with van der Waals surface area (Å²) in [7, 11) is 2.95. The van der Waals surface area contributed by atoms with Crippen LogP contribution in [0.25, 0.3) is 0 Å². The highest BCUT2D eigenvalue weighted by Crippen LogP contribution is 2.74. The summed E-state index contributed by atoms with van der Waals surface area (Å²) in [6.07, 6.45) is 0. The van der Waals surface area contributed by atoms with Crippen LogP contribution >= 0.6 is 46.4 Å². The molecule has 0 saturated heterocycles. The van der Waals surface area contributed by atoms with Crippen molar-refractivity contribution in [2.45, 2.75) is 15.5 Å². The molecule has 0 aromatic heterocycles. The Balaban J connectivity index is 2.45. The fourth-order valence-electron chi connectivity index (χ4n) is 3.15. The van der Waals surface area contributed by atoms with Crippen molar-refractivity contribution in [2.24, 2.45) is 0 Å². The standard InChI is InChI=1S/C13H10Cl4O2/c1-18-13(19-2)11(16)7-5-3-4-6-8(7)12(13,17)10(15)9(11)14/h3-6H,1-2H3/t11-,12+. The molecule has 0 saturated carbocycles. The molecule has 0 radical (unpaired) electrons. The van der Waals surface area contributed by atoms with E-state index in [4.69, 9.17) is 55.9 Å². The third kappa shape index (κ3) is 1.17. The minimum Gasteiger partial charge on any atom is -0.349 e. The van der Waals surface area contributed by atoms with Gasteiger partial charge in [-0.1, -0.05) is 47.5 Å². The first kappa shape index (κ1) is 14.0. The van der Waals surface area contributed by atoms with Crippen molar-refractivity contribution >= 4 is 46.4 Å². The van der Waals surface area contributed by atoms with E-state index in [-0.39, 0.29) is 10.1 Å². The Labute approximate surface area is 131 Å². The molecule has 2 atom stereocenters. The van der Waals surface area contributed by atoms with Crippen LogP contribution in [-0.4, -0.2) is 20.0 Å². The van der Waals surface area contributed by atoms with Gasteiger partial charge in [-0.2, -0.15) is 0 Å². The van der Waals surface area contributed by atoms with Crippen LogP contribution in [0.2, 0.25) is 0 Å². The number of alkyl halides is 2. The molecule has 19 heavy (non-hydrogen) atoms. The van der Waals surface area contributed by atoms with Crippen molar-refractivity contribution in [2.75, 3.05) is 14.2 Å². The number of hydrogen-bond donors (Lipinski definition) is 0. The summed E-state index contributed by atoms with van der Waals surface area (Å²) in [5.41, 5.74) is 1.51. The second kappa shape index (κ2) is 4.03. The summed E-state index contributed by atoms with van der Waals surface area (Å²) in [5.74, 6) is -1.37. The van der Waals surface area contributed by atoms with Crippen LogP contribution < -0.4 is 0 Å². The summed E-state index contributed by atoms with van der Waals surface area (Å²) in [4.78, 5) is -2.49. The highest BCUT2D eigenvalue weighted by Gasteiger charge is 2.79. The smallest absolute Gasteiger partial charge is 0.225 e. The number of hydrogen-bond acceptors (Lipinski definition) is 2. The number of methoxy groups -OCH3 is 2. The van der Waals surface area contributed by atoms with E-state index in [1.54, 1.807) is 0 Å². The van der Waals surface area contributed by atoms with Gasteiger partial charge in [0, 0.05) is 14.2 Å². The first-order valence-electron chi connectivity index (χ1n) is 5.56. The van der Waals surface area contributed by atoms with Crippen LogP contribution in [-0.2, 0) is 19.2 Å². The van der Waals surface area contributed by atoms with Gasteiger partial charge in [-0.25, -0.2) is 0 Å². The summed E-state index contributed by atoms with van der Waals surface area (Å²) >= 11 is 26.2. The molecular formula is C13H10Cl4O2. The SMILES string of the molecule is COC1(OC)[C@@]2(Cl)C(Cl)=C(Cl)[C@]1(Cl)c1ccccc12. The molecule has 2 bridgehead atoms. The molecule has 0 heterocycles. The van der Waals surface area contributed by atoms with Crippen molar-refractivity contribution in [1.29, 1.82) is 0 Å². The Bertz CT molecular complexity index is 549. The molecule has 2 nitrogen and oxygen atoms in total. The maximum absolute atomic E-state index is 6.78. The molecule has 2 aliphatic rings. The zero-order valence-electron chi connectivity index (χ0n) is 10.1. The highest BCUT2D eigenvalue weighted by molar-refractivity contribution is 6.52. The number of benzene rings is 1. The first-order chi connectivity index (χ1) is 8.91. The number of fused-ring (bicyclic) bond motifs is 5. The quantitative estimate of drug-likeness (QED) is 0.592. The van der Waals surface area contributed by atoms with Crippen LogP contribution in [0.5, 0.6) is 0 Å². The van der Waals surface area contributed by atoms with Gasteiger partial charge in [-0.05, 0) is 11.1 Å². The number of halogens is 4. The van der Waals surface area contributed by atoms with Crippen molar-refractivity contribution in [3.8, 4) is 0 Å². The van der Waals surface area contributed by atoms with Crippen molar-refractivity contribution in [3.05, 3.63) is 45.5 Å². The first-order valence-corrected chi connectivity index (χ1v) is 7.07. The lowest BCUT2D eigenvalue weighted by Gasteiger charge is -2.40. The van der Waals surface area contributed by atoms with Crippen LogP contribution in [0, 0.1) is 0 Å². The van der Waals surface area contributed by atoms with E-state index < -0.39 is 15.5 Å². The minimum atomic E-state index is -1.37. The van der Waals surface area contributed by atoms with Crippen LogP contribution in [0.3, 0.4) is 0 Å². The van der Waals surface area contributed by atoms with Gasteiger partial charge in [0.1, 0.15) is 0 Å². The van der Waals surface area contributed by atoms with E-state index in [0.29, 0.717) is 0 Å². The fourth-order valence-corrected chi connectivity index (χ4v) is 5.14. The van der Waals surface area contributed by atoms with E-state index in [1.165, 1.54) is 14.2 Å². The average molecular weight is 340 g/mol. The highest BCUT2D eigenvalue weighted by atomic mass is 35.5. The van der Waals surface area contributed by atoms with Crippen molar-refractivity contribution in [3.63, 3.8) is 0 Å². The summed E-state index contributed by atoms with van der Waals surface area (Å²) in [6, 6.07) is 7.42. The molecule has 0 N–H and O–H groups in total.